The number of nitrogens with zero attached hydrogens (tertiary/aromatic N) is 11. The Morgan fingerprint density at radius 1 is 0.434 bits per heavy atom. The van der Waals surface area contributed by atoms with Gasteiger partial charge in [0.2, 0.25) is 0 Å². The number of azide groups is 2. The molecule has 12 atom stereocenters. The number of nitrogens with one attached hydrogen (secondary N) is 3. The number of hydrogen-bond acceptors (Lipinski definition) is 24. The van der Waals surface area contributed by atoms with Gasteiger partial charge in [-0.3, -0.25) is 0 Å². The van der Waals surface area contributed by atoms with Gasteiger partial charge in [-0.1, -0.05) is 162 Å². The van der Waals surface area contributed by atoms with E-state index >= 15 is 0 Å². The largest absolute Gasteiger partial charge is 0.445 e. The minimum Gasteiger partial charge on any atom is -0.445 e. The van der Waals surface area contributed by atoms with Crippen molar-refractivity contribution in [3.63, 3.8) is 0 Å². The molecule has 12 rings (SSSR count). The third-order valence-corrected chi connectivity index (χ3v) is 18.0. The summed E-state index contributed by atoms with van der Waals surface area (Å²) in [5.41, 5.74) is 26.3. The Morgan fingerprint density at radius 2 is 0.752 bits per heavy atom. The Kier molecular flexibility index (Phi) is 36.2. The van der Waals surface area contributed by atoms with E-state index in [4.69, 9.17) is 73.6 Å². The Balaban J connectivity index is 0.000000189. The molecular formula is C78H107N15O20. The van der Waals surface area contributed by atoms with Crippen molar-refractivity contribution in [2.75, 3.05) is 107 Å². The summed E-state index contributed by atoms with van der Waals surface area (Å²) >= 11 is 0. The van der Waals surface area contributed by atoms with Crippen LogP contribution in [0.4, 0.5) is 33.6 Å². The maximum Gasteiger partial charge on any atom is 0.410 e. The standard InChI is InChI=1S/C18H26N2O5.C13H16N4O3.C13H18N2O3.C12H14N4O3.C12H13NO3.C10H20N2O3/c1-18(2,3)25-16(21)19-14-10-20(11-15(14)23-4)17(22)24-12-13-8-6-5-7-9-13;1-19-12-8-17(7-11(12)15-16-14)13(18)20-9-10-5-3-2-4-6-10;1-17-12-8-15(7-11(12)14)13(16)18-9-10-5-3-2-4-6-10;13-15-14-10-6-16(7-11(10)17)12(18)19-8-9-4-2-1-3-5-9;14-12(13-6-10-11(7-13)16-10)15-8-9-4-2-1-3-5-9;1-10(2,3)15-9(13)12-7-5-11-6-8(7)14-4/h5-9,14-15H,10-12H2,1-4H3,(H,19,21);2-6,11-12H,7-9H2,1H3;2-6,11-12H,7-9,14H2,1H3;1-5,10-11,17H,6-8H2;1-5,10-11H,6-8H2;7-8,11H,5-6H2,1-4H3,(H,12,13). The molecule has 5 aromatic carbocycles. The molecule has 0 aromatic heterocycles. The van der Waals surface area contributed by atoms with Gasteiger partial charge >= 0.3 is 42.7 Å². The fourth-order valence-corrected chi connectivity index (χ4v) is 12.1. The molecule has 0 saturated carbocycles. The number of aliphatic hydroxyl groups excluding tert-OH is 1. The number of alkyl carbamates (subject to hydrolysis) is 2. The van der Waals surface area contributed by atoms with Crippen LogP contribution in [0.15, 0.2) is 162 Å². The number of amides is 7. The molecule has 7 saturated heterocycles. The van der Waals surface area contributed by atoms with Gasteiger partial charge < -0.3 is 108 Å². The second-order valence-corrected chi connectivity index (χ2v) is 29.0. The van der Waals surface area contributed by atoms with Crippen molar-refractivity contribution in [3.8, 4) is 0 Å². The third kappa shape index (κ3) is 31.4. The van der Waals surface area contributed by atoms with Crippen LogP contribution >= 0.6 is 0 Å². The fraction of sp³-hybridized carbons (Fsp3) is 0.526. The normalized spacial score (nSPS) is 22.8. The zero-order chi connectivity index (χ0) is 81.9. The molecule has 35 nitrogen and oxygen atoms in total. The van der Waals surface area contributed by atoms with Crippen molar-refractivity contribution in [2.24, 2.45) is 16.0 Å². The number of epoxide rings is 1. The van der Waals surface area contributed by atoms with Gasteiger partial charge in [0.05, 0.1) is 100.0 Å². The minimum atomic E-state index is -0.833. The maximum atomic E-state index is 12.2. The molecule has 7 aliphatic heterocycles. The van der Waals surface area contributed by atoms with Crippen LogP contribution in [-0.4, -0.2) is 263 Å². The molecule has 35 heteroatoms. The first-order valence-corrected chi connectivity index (χ1v) is 36.9. The van der Waals surface area contributed by atoms with Crippen molar-refractivity contribution >= 4 is 42.7 Å². The number of methoxy groups -OCH3 is 4. The van der Waals surface area contributed by atoms with Crippen LogP contribution in [0.5, 0.6) is 0 Å². The molecule has 113 heavy (non-hydrogen) atoms. The van der Waals surface area contributed by atoms with Gasteiger partial charge in [0.25, 0.3) is 0 Å². The number of rotatable bonds is 18. The van der Waals surface area contributed by atoms with Gasteiger partial charge in [-0.05, 0) is 80.4 Å². The number of hydrogen-bond donors (Lipinski definition) is 5. The van der Waals surface area contributed by atoms with E-state index < -0.39 is 53.8 Å². The lowest BCUT2D eigenvalue weighted by Gasteiger charge is -2.23. The lowest BCUT2D eigenvalue weighted by atomic mass is 10.2. The van der Waals surface area contributed by atoms with E-state index in [0.717, 1.165) is 40.9 Å². The van der Waals surface area contributed by atoms with Crippen LogP contribution in [0.1, 0.15) is 69.4 Å². The van der Waals surface area contributed by atoms with E-state index in [2.05, 4.69) is 36.0 Å². The molecule has 7 amide bonds. The van der Waals surface area contributed by atoms with Crippen molar-refractivity contribution < 1.29 is 95.5 Å². The molecule has 7 heterocycles. The van der Waals surface area contributed by atoms with Crippen LogP contribution < -0.4 is 21.7 Å². The number of likely N-dealkylation sites (tertiary alicyclic amines) is 5. The predicted molar refractivity (Wildman–Crippen MR) is 412 cm³/mol. The molecule has 0 aliphatic carbocycles. The summed E-state index contributed by atoms with van der Waals surface area (Å²) in [5.74, 6) is 0. The summed E-state index contributed by atoms with van der Waals surface area (Å²) < 4.78 is 62.8. The highest BCUT2D eigenvalue weighted by molar-refractivity contribution is 5.72. The number of carbonyl (C=O) groups excluding carboxylic acids is 7. The number of ether oxygens (including phenoxy) is 12. The highest BCUT2D eigenvalue weighted by Gasteiger charge is 2.49. The summed E-state index contributed by atoms with van der Waals surface area (Å²) in [6.45, 7) is 17.6. The van der Waals surface area contributed by atoms with Gasteiger partial charge in [-0.25, -0.2) is 33.6 Å². The average molecular weight is 1570 g/mol. The molecule has 0 radical (unpaired) electrons. The van der Waals surface area contributed by atoms with Crippen molar-refractivity contribution in [1.82, 2.24) is 40.4 Å². The Labute approximate surface area is 658 Å². The van der Waals surface area contributed by atoms with Crippen molar-refractivity contribution in [3.05, 3.63) is 200 Å². The SMILES string of the molecule is COC1CN(C(=O)OCc2ccccc2)CC1N.COC1CN(C(=O)OCc2ccccc2)CC1N=[N+]=[N-].COC1CN(C(=O)OCc2ccccc2)CC1NC(=O)OC(C)(C)C.COC1CNCC1NC(=O)OC(C)(C)C.O=C(OCc1ccccc1)N1CC2OC2C1.[N-]=[N+]=NC1CN(C(=O)OCc2ccccc2)CC1O. The smallest absolute Gasteiger partial charge is 0.410 e. The third-order valence-electron chi connectivity index (χ3n) is 18.0. The number of nitrogens with two attached hydrogens (primary N) is 1. The topological polar surface area (TPSA) is 430 Å². The Hall–Kier alpha value is -10.7. The first-order valence-electron chi connectivity index (χ1n) is 36.9. The first kappa shape index (κ1) is 89.5. The van der Waals surface area contributed by atoms with Crippen molar-refractivity contribution in [2.45, 2.75) is 159 Å². The number of carbonyl (C=O) groups is 7. The van der Waals surface area contributed by atoms with E-state index in [9.17, 15) is 38.7 Å². The second-order valence-electron chi connectivity index (χ2n) is 29.0. The highest BCUT2D eigenvalue weighted by atomic mass is 16.6. The molecule has 6 N–H and O–H groups in total. The number of fused-ring (bicyclic) bond motifs is 1. The summed E-state index contributed by atoms with van der Waals surface area (Å²) in [7, 11) is 6.32. The lowest BCUT2D eigenvalue weighted by molar-refractivity contribution is 0.0407. The van der Waals surface area contributed by atoms with Crippen LogP contribution in [0.2, 0.25) is 0 Å². The Bertz CT molecular complexity index is 3840. The number of morpholine rings is 1. The highest BCUT2D eigenvalue weighted by Crippen LogP contribution is 2.31. The quantitative estimate of drug-likeness (QED) is 0.0179. The first-order chi connectivity index (χ1) is 54.2. The average Bonchev–Trinajstić information content (AvgIpc) is 1.63. The van der Waals surface area contributed by atoms with Crippen LogP contribution in [0.25, 0.3) is 20.9 Å². The monoisotopic (exact) mass is 1570 g/mol. The predicted octanol–water partition coefficient (Wildman–Crippen LogP) is 9.44. The molecule has 614 valence electrons. The fourth-order valence-electron chi connectivity index (χ4n) is 12.1. The number of benzene rings is 5. The molecule has 5 aromatic rings. The molecule has 0 spiro atoms. The molecule has 7 fully saturated rings. The van der Waals surface area contributed by atoms with E-state index in [1.165, 1.54) is 21.8 Å². The van der Waals surface area contributed by atoms with Gasteiger partial charge in [0.15, 0.2) is 0 Å². The summed E-state index contributed by atoms with van der Waals surface area (Å²) in [4.78, 5) is 95.9. The van der Waals surface area contributed by atoms with Gasteiger partial charge in [0.1, 0.15) is 56.4 Å². The van der Waals surface area contributed by atoms with Crippen LogP contribution in [-0.2, 0) is 89.9 Å². The zero-order valence-corrected chi connectivity index (χ0v) is 65.6. The molecular weight excluding hydrogens is 1470 g/mol. The summed E-state index contributed by atoms with van der Waals surface area (Å²) in [6, 6.07) is 46.0. The van der Waals surface area contributed by atoms with Gasteiger partial charge in [-0.15, -0.1) is 0 Å². The maximum absolute atomic E-state index is 12.2. The van der Waals surface area contributed by atoms with Gasteiger partial charge in [0, 0.05) is 77.5 Å². The molecule has 0 bridgehead atoms. The van der Waals surface area contributed by atoms with E-state index in [0.29, 0.717) is 59.0 Å². The lowest BCUT2D eigenvalue weighted by Crippen LogP contribution is -2.45. The van der Waals surface area contributed by atoms with Crippen molar-refractivity contribution in [1.29, 1.82) is 0 Å². The number of aliphatic hydroxyl groups is 1. The second kappa shape index (κ2) is 45.7. The van der Waals surface area contributed by atoms with E-state index in [-0.39, 0.29) is 112 Å². The van der Waals surface area contributed by atoms with E-state index in [1.54, 1.807) is 51.9 Å². The zero-order valence-electron chi connectivity index (χ0n) is 65.6. The molecule has 12 unspecified atom stereocenters. The van der Waals surface area contributed by atoms with Crippen LogP contribution in [0, 0.1) is 0 Å². The molecule has 7 aliphatic rings. The summed E-state index contributed by atoms with van der Waals surface area (Å²) in [5, 5.41) is 25.4. The van der Waals surface area contributed by atoms with Crippen LogP contribution in [0.3, 0.4) is 0 Å². The Morgan fingerprint density at radius 3 is 1.12 bits per heavy atom. The summed E-state index contributed by atoms with van der Waals surface area (Å²) in [6.07, 6.45) is -3.83. The van der Waals surface area contributed by atoms with E-state index in [1.807, 2.05) is 172 Å². The number of β-amino-alcohol motifs (C(OH)–C–C–N with tert-alkyl or cyclic N) is 1. The van der Waals surface area contributed by atoms with Gasteiger partial charge in [-0.2, -0.15) is 0 Å². The minimum absolute atomic E-state index is 0.00940.